The van der Waals surface area contributed by atoms with Crippen LogP contribution in [0.5, 0.6) is 5.75 Å². The molecule has 0 spiro atoms. The Hall–Kier alpha value is -3.43. The van der Waals surface area contributed by atoms with Crippen molar-refractivity contribution >= 4 is 38.9 Å². The van der Waals surface area contributed by atoms with E-state index in [0.29, 0.717) is 4.31 Å². The molecule has 1 amide bonds. The molecule has 0 heterocycles. The smallest absolute Gasteiger partial charge is 0.282 e. The lowest BCUT2D eigenvalue weighted by Gasteiger charge is -2.23. The highest BCUT2D eigenvalue weighted by Crippen LogP contribution is 2.34. The van der Waals surface area contributed by atoms with Gasteiger partial charge in [0.25, 0.3) is 21.6 Å². The van der Waals surface area contributed by atoms with Crippen LogP contribution in [0, 0.1) is 10.1 Å². The fourth-order valence-corrected chi connectivity index (χ4v) is 4.44. The summed E-state index contributed by atoms with van der Waals surface area (Å²) in [6, 6.07) is 16.4. The monoisotopic (exact) mass is 446 g/mol. The highest BCUT2D eigenvalue weighted by molar-refractivity contribution is 7.93. The van der Waals surface area contributed by atoms with Crippen LogP contribution in [0.2, 0.25) is 5.02 Å². The second-order valence-electron chi connectivity index (χ2n) is 5.98. The number of anilines is 1. The molecule has 0 unspecified atom stereocenters. The molecule has 0 saturated heterocycles. The fraction of sp³-hybridized carbons (Fsp3) is 0.0500. The van der Waals surface area contributed by atoms with Crippen molar-refractivity contribution in [3.05, 3.63) is 93.5 Å². The Labute approximate surface area is 177 Å². The maximum atomic E-state index is 13.4. The zero-order valence-corrected chi connectivity index (χ0v) is 17.1. The number of para-hydroxylation sites is 1. The van der Waals surface area contributed by atoms with Crippen molar-refractivity contribution in [1.82, 2.24) is 0 Å². The molecule has 10 heteroatoms. The van der Waals surface area contributed by atoms with E-state index < -0.39 is 26.5 Å². The van der Waals surface area contributed by atoms with Gasteiger partial charge in [0, 0.05) is 6.07 Å². The third-order valence-electron chi connectivity index (χ3n) is 4.17. The first-order valence-electron chi connectivity index (χ1n) is 8.49. The number of hydrogen-bond donors (Lipinski definition) is 0. The lowest BCUT2D eigenvalue weighted by molar-refractivity contribution is -0.385. The standard InChI is InChI=1S/C20H15ClN2O6S/c1-29-19-12-11-14(13-17(19)21)22(30(27,28)15-7-3-2-4-8-15)20(24)16-9-5-6-10-18(16)23(25)26/h2-13H,1H3. The van der Waals surface area contributed by atoms with E-state index in [1.165, 1.54) is 67.8 Å². The zero-order chi connectivity index (χ0) is 21.9. The molecule has 0 aliphatic heterocycles. The van der Waals surface area contributed by atoms with Crippen molar-refractivity contribution in [1.29, 1.82) is 0 Å². The Morgan fingerprint density at radius 1 is 1.03 bits per heavy atom. The van der Waals surface area contributed by atoms with Crippen LogP contribution in [0.3, 0.4) is 0 Å². The van der Waals surface area contributed by atoms with Gasteiger partial charge in [0.05, 0.1) is 27.6 Å². The molecule has 0 saturated carbocycles. The van der Waals surface area contributed by atoms with Gasteiger partial charge in [-0.3, -0.25) is 14.9 Å². The molecule has 0 aromatic heterocycles. The second kappa shape index (κ2) is 8.52. The summed E-state index contributed by atoms with van der Waals surface area (Å²) in [5, 5.41) is 11.5. The van der Waals surface area contributed by atoms with Crippen molar-refractivity contribution in [3.8, 4) is 5.75 Å². The minimum Gasteiger partial charge on any atom is -0.495 e. The summed E-state index contributed by atoms with van der Waals surface area (Å²) >= 11 is 6.14. The Morgan fingerprint density at radius 3 is 2.27 bits per heavy atom. The van der Waals surface area contributed by atoms with Crippen molar-refractivity contribution in [2.75, 3.05) is 11.4 Å². The van der Waals surface area contributed by atoms with Gasteiger partial charge < -0.3 is 4.74 Å². The van der Waals surface area contributed by atoms with Crippen molar-refractivity contribution in [3.63, 3.8) is 0 Å². The number of sulfonamides is 1. The minimum atomic E-state index is -4.42. The number of carbonyl (C=O) groups excluding carboxylic acids is 1. The molecule has 0 radical (unpaired) electrons. The lowest BCUT2D eigenvalue weighted by Crippen LogP contribution is -2.37. The third kappa shape index (κ3) is 3.98. The third-order valence-corrected chi connectivity index (χ3v) is 6.19. The van der Waals surface area contributed by atoms with E-state index in [-0.39, 0.29) is 26.9 Å². The second-order valence-corrected chi connectivity index (χ2v) is 8.17. The average molecular weight is 447 g/mol. The number of nitro benzene ring substituents is 1. The first-order chi connectivity index (χ1) is 14.3. The highest BCUT2D eigenvalue weighted by Gasteiger charge is 2.35. The summed E-state index contributed by atoms with van der Waals surface area (Å²) < 4.78 is 32.3. The number of methoxy groups -OCH3 is 1. The summed E-state index contributed by atoms with van der Waals surface area (Å²) in [7, 11) is -3.03. The van der Waals surface area contributed by atoms with E-state index in [2.05, 4.69) is 0 Å². The number of amides is 1. The van der Waals surface area contributed by atoms with E-state index >= 15 is 0 Å². The largest absolute Gasteiger partial charge is 0.495 e. The van der Waals surface area contributed by atoms with E-state index in [1.54, 1.807) is 6.07 Å². The van der Waals surface area contributed by atoms with E-state index in [9.17, 15) is 23.3 Å². The SMILES string of the molecule is COc1ccc(N(C(=O)c2ccccc2[N+](=O)[O-])S(=O)(=O)c2ccccc2)cc1Cl. The summed E-state index contributed by atoms with van der Waals surface area (Å²) in [6.45, 7) is 0. The molecule has 8 nitrogen and oxygen atoms in total. The Balaban J connectivity index is 2.25. The average Bonchev–Trinajstić information content (AvgIpc) is 2.74. The predicted octanol–water partition coefficient (Wildman–Crippen LogP) is 4.29. The number of nitrogens with zero attached hydrogens (tertiary/aromatic N) is 2. The molecule has 3 aromatic carbocycles. The molecule has 0 aliphatic carbocycles. The van der Waals surface area contributed by atoms with Crippen LogP contribution in [-0.4, -0.2) is 26.4 Å². The first kappa shape index (κ1) is 21.3. The van der Waals surface area contributed by atoms with Crippen LogP contribution < -0.4 is 9.04 Å². The maximum Gasteiger partial charge on any atom is 0.282 e. The fourth-order valence-electron chi connectivity index (χ4n) is 2.77. The number of carbonyl (C=O) groups is 1. The van der Waals surface area contributed by atoms with Gasteiger partial charge in [-0.2, -0.15) is 4.31 Å². The topological polar surface area (TPSA) is 107 Å². The van der Waals surface area contributed by atoms with Gasteiger partial charge in [-0.15, -0.1) is 0 Å². The molecule has 0 aliphatic rings. The molecule has 3 aromatic rings. The summed E-state index contributed by atoms with van der Waals surface area (Å²) in [5.74, 6) is -0.817. The lowest BCUT2D eigenvalue weighted by atomic mass is 10.1. The molecule has 154 valence electrons. The summed E-state index contributed by atoms with van der Waals surface area (Å²) in [5.41, 5.74) is -0.989. The molecular formula is C20H15ClN2O6S. The van der Waals surface area contributed by atoms with Crippen LogP contribution in [0.1, 0.15) is 10.4 Å². The van der Waals surface area contributed by atoms with Gasteiger partial charge in [0.15, 0.2) is 0 Å². The van der Waals surface area contributed by atoms with Gasteiger partial charge in [0.2, 0.25) is 0 Å². The van der Waals surface area contributed by atoms with Gasteiger partial charge in [-0.05, 0) is 36.4 Å². The Morgan fingerprint density at radius 2 is 1.67 bits per heavy atom. The van der Waals surface area contributed by atoms with E-state index in [1.807, 2.05) is 0 Å². The van der Waals surface area contributed by atoms with Gasteiger partial charge in [0.1, 0.15) is 11.3 Å². The van der Waals surface area contributed by atoms with Crippen LogP contribution in [0.4, 0.5) is 11.4 Å². The van der Waals surface area contributed by atoms with Crippen LogP contribution in [0.15, 0.2) is 77.7 Å². The molecular weight excluding hydrogens is 432 g/mol. The normalized spacial score (nSPS) is 11.0. The molecule has 0 atom stereocenters. The predicted molar refractivity (Wildman–Crippen MR) is 112 cm³/mol. The van der Waals surface area contributed by atoms with Gasteiger partial charge >= 0.3 is 0 Å². The number of hydrogen-bond acceptors (Lipinski definition) is 6. The number of benzene rings is 3. The summed E-state index contributed by atoms with van der Waals surface area (Å²) in [6.07, 6.45) is 0. The number of nitro groups is 1. The van der Waals surface area contributed by atoms with Crippen LogP contribution in [0.25, 0.3) is 0 Å². The number of halogens is 1. The van der Waals surface area contributed by atoms with Crippen LogP contribution >= 0.6 is 11.6 Å². The Kier molecular flexibility index (Phi) is 6.04. The van der Waals surface area contributed by atoms with Crippen LogP contribution in [-0.2, 0) is 10.0 Å². The van der Waals surface area contributed by atoms with Gasteiger partial charge in [-0.1, -0.05) is 41.9 Å². The zero-order valence-electron chi connectivity index (χ0n) is 15.6. The van der Waals surface area contributed by atoms with Crippen molar-refractivity contribution < 1.29 is 22.9 Å². The summed E-state index contributed by atoms with van der Waals surface area (Å²) in [4.78, 5) is 23.8. The quantitative estimate of drug-likeness (QED) is 0.413. The number of rotatable bonds is 6. The maximum absolute atomic E-state index is 13.4. The minimum absolute atomic E-state index is 0.0682. The van der Waals surface area contributed by atoms with Crippen molar-refractivity contribution in [2.45, 2.75) is 4.90 Å². The highest BCUT2D eigenvalue weighted by atomic mass is 35.5. The molecule has 0 N–H and O–H groups in total. The van der Waals surface area contributed by atoms with Crippen molar-refractivity contribution in [2.24, 2.45) is 0 Å². The van der Waals surface area contributed by atoms with E-state index in [0.717, 1.165) is 6.07 Å². The molecule has 0 bridgehead atoms. The molecule has 0 fully saturated rings. The van der Waals surface area contributed by atoms with Gasteiger partial charge in [-0.25, -0.2) is 8.42 Å². The first-order valence-corrected chi connectivity index (χ1v) is 10.3. The number of ether oxygens (including phenoxy) is 1. The molecule has 30 heavy (non-hydrogen) atoms. The molecule has 3 rings (SSSR count). The Bertz CT molecular complexity index is 1210. The van der Waals surface area contributed by atoms with E-state index in [4.69, 9.17) is 16.3 Å².